The third-order valence-corrected chi connectivity index (χ3v) is 5.31. The van der Waals surface area contributed by atoms with E-state index in [0.717, 1.165) is 6.07 Å². The van der Waals surface area contributed by atoms with Gasteiger partial charge in [0.15, 0.2) is 5.69 Å². The first-order valence-electron chi connectivity index (χ1n) is 9.09. The number of aromatic nitrogens is 4. The lowest BCUT2D eigenvalue weighted by Gasteiger charge is -2.49. The van der Waals surface area contributed by atoms with E-state index in [-0.39, 0.29) is 36.1 Å². The van der Waals surface area contributed by atoms with Crippen molar-refractivity contribution in [1.29, 1.82) is 5.26 Å². The first kappa shape index (κ1) is 20.9. The molecule has 8 nitrogen and oxygen atoms in total. The van der Waals surface area contributed by atoms with Crippen molar-refractivity contribution in [3.05, 3.63) is 29.2 Å². The molecular weight excluding hydrogens is 387 g/mol. The highest BCUT2D eigenvalue weighted by molar-refractivity contribution is 5.54. The molecule has 1 aliphatic carbocycles. The highest BCUT2D eigenvalue weighted by atomic mass is 19.4. The molecular formula is C18H22F3N7O. The fraction of sp³-hybridized carbons (Fsp3) is 0.556. The predicted octanol–water partition coefficient (Wildman–Crippen LogP) is 2.56. The first-order chi connectivity index (χ1) is 13.5. The van der Waals surface area contributed by atoms with E-state index in [1.807, 2.05) is 19.9 Å². The molecule has 0 aromatic carbocycles. The highest BCUT2D eigenvalue weighted by Crippen LogP contribution is 2.42. The summed E-state index contributed by atoms with van der Waals surface area (Å²) in [5.41, 5.74) is -0.612. The second-order valence-corrected chi connectivity index (χ2v) is 7.66. The Balaban J connectivity index is 1.65. The Bertz CT molecular complexity index is 933. The summed E-state index contributed by atoms with van der Waals surface area (Å²) in [4.78, 5) is 8.37. The van der Waals surface area contributed by atoms with Gasteiger partial charge in [0.1, 0.15) is 17.5 Å². The van der Waals surface area contributed by atoms with Gasteiger partial charge in [-0.2, -0.15) is 28.5 Å². The second-order valence-electron chi connectivity index (χ2n) is 7.66. The number of hydrogen-bond donors (Lipinski definition) is 3. The number of aryl methyl sites for hydroxylation is 1. The lowest BCUT2D eigenvalue weighted by atomic mass is 9.64. The molecule has 1 saturated carbocycles. The van der Waals surface area contributed by atoms with Crippen molar-refractivity contribution < 1.29 is 18.3 Å². The molecule has 3 N–H and O–H groups in total. The van der Waals surface area contributed by atoms with E-state index < -0.39 is 18.0 Å². The van der Waals surface area contributed by atoms with Crippen LogP contribution in [0.4, 0.5) is 24.9 Å². The third kappa shape index (κ3) is 4.27. The largest absolute Gasteiger partial charge is 0.435 e. The standard InChI is InChI=1S/C18H22F3N7O/c1-10-6-13(18(19,20)21)27-28(10)5-4-23-16-24-9-11(8-22)15(26-16)25-12-7-14(29)17(12,2)3/h6,9,12,14,29H,4-5,7H2,1-3H3,(H2,23,24,25,26)/t12-,14?/m1/s1. The third-order valence-electron chi connectivity index (χ3n) is 5.31. The average Bonchev–Trinajstić information content (AvgIpc) is 3.03. The van der Waals surface area contributed by atoms with Crippen LogP contribution in [-0.2, 0) is 12.7 Å². The van der Waals surface area contributed by atoms with Crippen molar-refractivity contribution >= 4 is 11.8 Å². The van der Waals surface area contributed by atoms with Gasteiger partial charge in [-0.25, -0.2) is 4.98 Å². The summed E-state index contributed by atoms with van der Waals surface area (Å²) < 4.78 is 39.5. The van der Waals surface area contributed by atoms with Crippen LogP contribution < -0.4 is 10.6 Å². The summed E-state index contributed by atoms with van der Waals surface area (Å²) in [6.07, 6.45) is -2.99. The number of halogens is 3. The van der Waals surface area contributed by atoms with E-state index in [1.54, 1.807) is 6.92 Å². The average molecular weight is 409 g/mol. The second kappa shape index (κ2) is 7.51. The number of nitrogens with zero attached hydrogens (tertiary/aromatic N) is 5. The van der Waals surface area contributed by atoms with E-state index in [9.17, 15) is 23.5 Å². The quantitative estimate of drug-likeness (QED) is 0.672. The van der Waals surface area contributed by atoms with Crippen LogP contribution in [-0.4, -0.2) is 43.5 Å². The van der Waals surface area contributed by atoms with Gasteiger partial charge in [0.05, 0.1) is 18.8 Å². The van der Waals surface area contributed by atoms with Crippen LogP contribution in [0, 0.1) is 23.7 Å². The van der Waals surface area contributed by atoms with Crippen LogP contribution in [0.15, 0.2) is 12.3 Å². The molecule has 3 rings (SSSR count). The van der Waals surface area contributed by atoms with Gasteiger partial charge in [0, 0.05) is 23.7 Å². The highest BCUT2D eigenvalue weighted by Gasteiger charge is 2.47. The Morgan fingerprint density at radius 3 is 2.69 bits per heavy atom. The zero-order chi connectivity index (χ0) is 21.4. The maximum Gasteiger partial charge on any atom is 0.435 e. The minimum absolute atomic E-state index is 0.0418. The molecule has 0 bridgehead atoms. The summed E-state index contributed by atoms with van der Waals surface area (Å²) >= 11 is 0. The van der Waals surface area contributed by atoms with Crippen molar-refractivity contribution in [2.45, 2.75) is 52.1 Å². The minimum Gasteiger partial charge on any atom is -0.392 e. The Morgan fingerprint density at radius 2 is 2.14 bits per heavy atom. The monoisotopic (exact) mass is 409 g/mol. The smallest absolute Gasteiger partial charge is 0.392 e. The summed E-state index contributed by atoms with van der Waals surface area (Å²) in [7, 11) is 0. The van der Waals surface area contributed by atoms with Crippen LogP contribution in [0.5, 0.6) is 0 Å². The molecule has 29 heavy (non-hydrogen) atoms. The van der Waals surface area contributed by atoms with E-state index in [0.29, 0.717) is 17.9 Å². The van der Waals surface area contributed by atoms with Crippen LogP contribution in [0.25, 0.3) is 0 Å². The summed E-state index contributed by atoms with van der Waals surface area (Å²) in [6, 6.07) is 2.98. The molecule has 2 atom stereocenters. The van der Waals surface area contributed by atoms with Gasteiger partial charge >= 0.3 is 6.18 Å². The van der Waals surface area contributed by atoms with Crippen LogP contribution >= 0.6 is 0 Å². The number of rotatable bonds is 6. The zero-order valence-corrected chi connectivity index (χ0v) is 16.2. The van der Waals surface area contributed by atoms with E-state index in [1.165, 1.54) is 10.9 Å². The van der Waals surface area contributed by atoms with Gasteiger partial charge in [0.25, 0.3) is 0 Å². The predicted molar refractivity (Wildman–Crippen MR) is 99.0 cm³/mol. The molecule has 2 heterocycles. The summed E-state index contributed by atoms with van der Waals surface area (Å²) in [5, 5.41) is 28.8. The molecule has 11 heteroatoms. The van der Waals surface area contributed by atoms with E-state index >= 15 is 0 Å². The van der Waals surface area contributed by atoms with Crippen molar-refractivity contribution in [3.63, 3.8) is 0 Å². The maximum atomic E-state index is 12.7. The number of anilines is 2. The fourth-order valence-electron chi connectivity index (χ4n) is 3.12. The van der Waals surface area contributed by atoms with Gasteiger partial charge < -0.3 is 15.7 Å². The van der Waals surface area contributed by atoms with Gasteiger partial charge in [0.2, 0.25) is 5.95 Å². The number of aliphatic hydroxyl groups is 1. The molecule has 1 aliphatic rings. The molecule has 0 amide bonds. The lowest BCUT2D eigenvalue weighted by Crippen LogP contribution is -2.57. The summed E-state index contributed by atoms with van der Waals surface area (Å²) in [5.74, 6) is 0.592. The SMILES string of the molecule is Cc1cc(C(F)(F)F)nn1CCNc1ncc(C#N)c(N[C@@H]2CC(O)C2(C)C)n1. The Kier molecular flexibility index (Phi) is 5.40. The van der Waals surface area contributed by atoms with Crippen molar-refractivity contribution in [3.8, 4) is 6.07 Å². The molecule has 1 fully saturated rings. The Hall–Kier alpha value is -2.87. The normalized spacial score (nSPS) is 20.6. The molecule has 0 aliphatic heterocycles. The maximum absolute atomic E-state index is 12.7. The molecule has 2 aromatic heterocycles. The summed E-state index contributed by atoms with van der Waals surface area (Å²) in [6.45, 7) is 5.84. The van der Waals surface area contributed by atoms with Crippen molar-refractivity contribution in [2.24, 2.45) is 5.41 Å². The lowest BCUT2D eigenvalue weighted by molar-refractivity contribution is -0.141. The Labute approximate surface area is 165 Å². The number of aliphatic hydroxyl groups excluding tert-OH is 1. The van der Waals surface area contributed by atoms with Crippen LogP contribution in [0.3, 0.4) is 0 Å². The molecule has 1 unspecified atom stereocenters. The van der Waals surface area contributed by atoms with Gasteiger partial charge in [-0.05, 0) is 19.4 Å². The Morgan fingerprint density at radius 1 is 1.41 bits per heavy atom. The van der Waals surface area contributed by atoms with Crippen LogP contribution in [0.1, 0.15) is 37.2 Å². The molecule has 156 valence electrons. The number of nitrogens with one attached hydrogen (secondary N) is 2. The molecule has 0 radical (unpaired) electrons. The van der Waals surface area contributed by atoms with Gasteiger partial charge in [-0.3, -0.25) is 4.68 Å². The van der Waals surface area contributed by atoms with Crippen molar-refractivity contribution in [2.75, 3.05) is 17.2 Å². The first-order valence-corrected chi connectivity index (χ1v) is 9.09. The number of alkyl halides is 3. The zero-order valence-electron chi connectivity index (χ0n) is 16.2. The van der Waals surface area contributed by atoms with E-state index in [4.69, 9.17) is 0 Å². The number of hydrogen-bond acceptors (Lipinski definition) is 7. The molecule has 0 saturated heterocycles. The van der Waals surface area contributed by atoms with Crippen molar-refractivity contribution in [1.82, 2.24) is 19.7 Å². The molecule has 2 aromatic rings. The molecule has 0 spiro atoms. The minimum atomic E-state index is -4.48. The van der Waals surface area contributed by atoms with Gasteiger partial charge in [-0.15, -0.1) is 0 Å². The van der Waals surface area contributed by atoms with Gasteiger partial charge in [-0.1, -0.05) is 13.8 Å². The fourth-order valence-corrected chi connectivity index (χ4v) is 3.12. The number of nitriles is 1. The van der Waals surface area contributed by atoms with Crippen LogP contribution in [0.2, 0.25) is 0 Å². The van der Waals surface area contributed by atoms with E-state index in [2.05, 4.69) is 25.7 Å². The topological polar surface area (TPSA) is 112 Å².